The molecule has 2 rings (SSSR count). The fraction of sp³-hybridized carbons (Fsp3) is 0.364. The summed E-state index contributed by atoms with van der Waals surface area (Å²) in [5.74, 6) is 0.865. The van der Waals surface area contributed by atoms with E-state index < -0.39 is 6.10 Å². The fourth-order valence-electron chi connectivity index (χ4n) is 2.82. The van der Waals surface area contributed by atoms with Crippen molar-refractivity contribution in [3.05, 3.63) is 59.7 Å². The second-order valence-electron chi connectivity index (χ2n) is 6.44. The van der Waals surface area contributed by atoms with E-state index in [9.17, 15) is 9.59 Å². The Morgan fingerprint density at radius 3 is 2.37 bits per heavy atom. The Hall–Kier alpha value is -2.82. The van der Waals surface area contributed by atoms with Crippen LogP contribution in [0.4, 0.5) is 0 Å². The number of nitrogens with one attached hydrogen (secondary N) is 1. The number of rotatable bonds is 9. The molecule has 144 valence electrons. The molecule has 2 atom stereocenters. The highest BCUT2D eigenvalue weighted by molar-refractivity contribution is 5.94. The maximum atomic E-state index is 12.4. The zero-order valence-electron chi connectivity index (χ0n) is 16.3. The van der Waals surface area contributed by atoms with Crippen LogP contribution < -0.4 is 14.8 Å². The van der Waals surface area contributed by atoms with Gasteiger partial charge in [-0.2, -0.15) is 0 Å². The number of hydrogen-bond acceptors (Lipinski definition) is 4. The number of carbonyl (C=O) groups excluding carboxylic acids is 2. The third-order valence-electron chi connectivity index (χ3n) is 4.53. The minimum Gasteiger partial charge on any atom is -0.493 e. The third kappa shape index (κ3) is 5.58. The van der Waals surface area contributed by atoms with Crippen LogP contribution in [0.25, 0.3) is 0 Å². The summed E-state index contributed by atoms with van der Waals surface area (Å²) < 4.78 is 11.0. The number of ether oxygens (including phenoxy) is 2. The molecule has 5 heteroatoms. The quantitative estimate of drug-likeness (QED) is 0.679. The molecule has 0 radical (unpaired) electrons. The van der Waals surface area contributed by atoms with Crippen molar-refractivity contribution >= 4 is 11.7 Å². The number of ketones is 1. The summed E-state index contributed by atoms with van der Waals surface area (Å²) in [6.45, 7) is 5.83. The Kier molecular flexibility index (Phi) is 7.41. The first-order valence-electron chi connectivity index (χ1n) is 9.14. The van der Waals surface area contributed by atoms with Gasteiger partial charge < -0.3 is 14.8 Å². The molecule has 0 fully saturated rings. The number of methoxy groups -OCH3 is 1. The molecule has 1 N–H and O–H groups in total. The zero-order chi connectivity index (χ0) is 19.8. The second-order valence-corrected chi connectivity index (χ2v) is 6.44. The highest BCUT2D eigenvalue weighted by atomic mass is 16.5. The molecule has 5 nitrogen and oxygen atoms in total. The molecule has 0 saturated heterocycles. The van der Waals surface area contributed by atoms with Gasteiger partial charge in [-0.05, 0) is 44.0 Å². The Bertz CT molecular complexity index is 773. The molecule has 1 amide bonds. The van der Waals surface area contributed by atoms with Crippen molar-refractivity contribution in [1.29, 1.82) is 0 Å². The van der Waals surface area contributed by atoms with E-state index in [2.05, 4.69) is 24.4 Å². The maximum Gasteiger partial charge on any atom is 0.260 e. The summed E-state index contributed by atoms with van der Waals surface area (Å²) in [5, 5.41) is 2.96. The van der Waals surface area contributed by atoms with Gasteiger partial charge in [0.25, 0.3) is 5.91 Å². The molecule has 0 aliphatic carbocycles. The lowest BCUT2D eigenvalue weighted by molar-refractivity contribution is -0.127. The predicted octanol–water partition coefficient (Wildman–Crippen LogP) is 3.98. The van der Waals surface area contributed by atoms with E-state index >= 15 is 0 Å². The number of carbonyl (C=O) groups is 2. The van der Waals surface area contributed by atoms with Gasteiger partial charge in [0.15, 0.2) is 23.4 Å². The molecule has 2 aromatic rings. The Morgan fingerprint density at radius 2 is 1.78 bits per heavy atom. The number of Topliss-reactive ketones (excluding diaryl/α,β-unsaturated/α-hetero) is 1. The first-order valence-corrected chi connectivity index (χ1v) is 9.14. The van der Waals surface area contributed by atoms with E-state index in [1.807, 2.05) is 18.2 Å². The minimum atomic E-state index is -0.685. The number of amides is 1. The first kappa shape index (κ1) is 20.5. The Balaban J connectivity index is 1.98. The Labute approximate surface area is 160 Å². The van der Waals surface area contributed by atoms with Crippen LogP contribution in [0, 0.1) is 0 Å². The second kappa shape index (κ2) is 9.76. The summed E-state index contributed by atoms with van der Waals surface area (Å²) in [6, 6.07) is 15.1. The average Bonchev–Trinajstić information content (AvgIpc) is 2.69. The van der Waals surface area contributed by atoms with Crippen molar-refractivity contribution in [2.75, 3.05) is 13.7 Å². The van der Waals surface area contributed by atoms with Crippen molar-refractivity contribution in [1.82, 2.24) is 5.32 Å². The lowest BCUT2D eigenvalue weighted by Crippen LogP contribution is -2.38. The first-order chi connectivity index (χ1) is 13.0. The van der Waals surface area contributed by atoms with E-state index in [0.29, 0.717) is 23.6 Å². The maximum absolute atomic E-state index is 12.4. The van der Waals surface area contributed by atoms with Gasteiger partial charge in [-0.3, -0.25) is 9.59 Å². The van der Waals surface area contributed by atoms with Gasteiger partial charge in [-0.15, -0.1) is 0 Å². The van der Waals surface area contributed by atoms with E-state index in [0.717, 1.165) is 6.42 Å². The summed E-state index contributed by atoms with van der Waals surface area (Å²) in [5.41, 5.74) is 1.74. The van der Waals surface area contributed by atoms with Gasteiger partial charge in [-0.1, -0.05) is 37.3 Å². The molecule has 27 heavy (non-hydrogen) atoms. The highest BCUT2D eigenvalue weighted by Gasteiger charge is 2.19. The fourth-order valence-corrected chi connectivity index (χ4v) is 2.82. The van der Waals surface area contributed by atoms with Crippen molar-refractivity contribution in [3.63, 3.8) is 0 Å². The summed E-state index contributed by atoms with van der Waals surface area (Å²) >= 11 is 0. The molecule has 0 heterocycles. The third-order valence-corrected chi connectivity index (χ3v) is 4.53. The molecule has 0 bridgehead atoms. The molecule has 2 aromatic carbocycles. The van der Waals surface area contributed by atoms with E-state index in [1.165, 1.54) is 19.6 Å². The summed E-state index contributed by atoms with van der Waals surface area (Å²) in [4.78, 5) is 23.9. The normalized spacial score (nSPS) is 12.7. The van der Waals surface area contributed by atoms with Gasteiger partial charge in [0.1, 0.15) is 0 Å². The standard InChI is InChI=1S/C22H27NO4/c1-5-17(18-9-7-6-8-10-18)14-23-22(25)16(3)27-20-12-11-19(15(2)24)13-21(20)26-4/h6-13,16-17H,5,14H2,1-4H3,(H,23,25)/t16-,17+/m1/s1. The molecule has 0 aliphatic rings. The molecular formula is C22H27NO4. The molecule has 0 aliphatic heterocycles. The van der Waals surface area contributed by atoms with Crippen LogP contribution in [0.3, 0.4) is 0 Å². The lowest BCUT2D eigenvalue weighted by atomic mass is 9.96. The van der Waals surface area contributed by atoms with Gasteiger partial charge in [0, 0.05) is 18.0 Å². The molecule has 0 unspecified atom stereocenters. The molecular weight excluding hydrogens is 342 g/mol. The SMILES string of the molecule is CC[C@@H](CNC(=O)[C@@H](C)Oc1ccc(C(C)=O)cc1OC)c1ccccc1. The van der Waals surface area contributed by atoms with Crippen LogP contribution in [-0.2, 0) is 4.79 Å². The average molecular weight is 369 g/mol. The van der Waals surface area contributed by atoms with Crippen molar-refractivity contribution in [3.8, 4) is 11.5 Å². The number of hydrogen-bond donors (Lipinski definition) is 1. The minimum absolute atomic E-state index is 0.0582. The topological polar surface area (TPSA) is 64.6 Å². The van der Waals surface area contributed by atoms with Crippen LogP contribution >= 0.6 is 0 Å². The predicted molar refractivity (Wildman–Crippen MR) is 106 cm³/mol. The smallest absolute Gasteiger partial charge is 0.260 e. The zero-order valence-corrected chi connectivity index (χ0v) is 16.3. The van der Waals surface area contributed by atoms with Gasteiger partial charge in [0.2, 0.25) is 0 Å². The monoisotopic (exact) mass is 369 g/mol. The van der Waals surface area contributed by atoms with E-state index in [-0.39, 0.29) is 17.6 Å². The lowest BCUT2D eigenvalue weighted by Gasteiger charge is -2.20. The van der Waals surface area contributed by atoms with Crippen molar-refractivity contribution < 1.29 is 19.1 Å². The van der Waals surface area contributed by atoms with Crippen LogP contribution in [0.5, 0.6) is 11.5 Å². The molecule has 0 saturated carbocycles. The van der Waals surface area contributed by atoms with Gasteiger partial charge in [0.05, 0.1) is 7.11 Å². The van der Waals surface area contributed by atoms with Crippen LogP contribution in [0.15, 0.2) is 48.5 Å². The van der Waals surface area contributed by atoms with Crippen LogP contribution in [0.1, 0.15) is 49.0 Å². The van der Waals surface area contributed by atoms with Crippen molar-refractivity contribution in [2.45, 2.75) is 39.2 Å². The Morgan fingerprint density at radius 1 is 1.07 bits per heavy atom. The largest absolute Gasteiger partial charge is 0.493 e. The summed E-state index contributed by atoms with van der Waals surface area (Å²) in [7, 11) is 1.50. The highest BCUT2D eigenvalue weighted by Crippen LogP contribution is 2.29. The summed E-state index contributed by atoms with van der Waals surface area (Å²) in [6.07, 6.45) is 0.246. The van der Waals surface area contributed by atoms with E-state index in [4.69, 9.17) is 9.47 Å². The molecule has 0 spiro atoms. The van der Waals surface area contributed by atoms with Crippen LogP contribution in [-0.4, -0.2) is 31.4 Å². The molecule has 0 aromatic heterocycles. The van der Waals surface area contributed by atoms with Crippen molar-refractivity contribution in [2.24, 2.45) is 0 Å². The van der Waals surface area contributed by atoms with Gasteiger partial charge >= 0.3 is 0 Å². The van der Waals surface area contributed by atoms with Gasteiger partial charge in [-0.25, -0.2) is 0 Å². The van der Waals surface area contributed by atoms with Crippen LogP contribution in [0.2, 0.25) is 0 Å². The number of benzene rings is 2. The van der Waals surface area contributed by atoms with E-state index in [1.54, 1.807) is 25.1 Å².